The van der Waals surface area contributed by atoms with Crippen molar-refractivity contribution in [2.75, 3.05) is 11.9 Å². The summed E-state index contributed by atoms with van der Waals surface area (Å²) in [6.07, 6.45) is 0.122. The van der Waals surface area contributed by atoms with Gasteiger partial charge in [-0.05, 0) is 0 Å². The predicted octanol–water partition coefficient (Wildman–Crippen LogP) is 2.43. The van der Waals surface area contributed by atoms with Crippen LogP contribution in [0.5, 0.6) is 0 Å². The monoisotopic (exact) mass is 260 g/mol. The van der Waals surface area contributed by atoms with Crippen LogP contribution in [0.15, 0.2) is 12.1 Å². The van der Waals surface area contributed by atoms with E-state index in [9.17, 15) is 18.0 Å². The Kier molecular flexibility index (Phi) is 5.15. The minimum atomic E-state index is -1.29. The first kappa shape index (κ1) is 14.5. The van der Waals surface area contributed by atoms with Crippen molar-refractivity contribution in [2.24, 2.45) is 0 Å². The summed E-state index contributed by atoms with van der Waals surface area (Å²) < 4.78 is 38.7. The highest BCUT2D eigenvalue weighted by molar-refractivity contribution is 5.90. The van der Waals surface area contributed by atoms with E-state index < -0.39 is 23.4 Å². The van der Waals surface area contributed by atoms with Gasteiger partial charge in [-0.25, -0.2) is 13.2 Å². The zero-order chi connectivity index (χ0) is 13.7. The molecule has 0 aliphatic rings. The molecule has 0 fully saturated rings. The second-order valence-electron chi connectivity index (χ2n) is 4.15. The molecule has 3 nitrogen and oxygen atoms in total. The smallest absolute Gasteiger partial charge is 0.225 e. The summed E-state index contributed by atoms with van der Waals surface area (Å²) in [6.45, 7) is 4.27. The minimum Gasteiger partial charge on any atom is -0.323 e. The lowest BCUT2D eigenvalue weighted by atomic mass is 10.2. The fourth-order valence-electron chi connectivity index (χ4n) is 1.31. The van der Waals surface area contributed by atoms with Crippen molar-refractivity contribution < 1.29 is 18.0 Å². The van der Waals surface area contributed by atoms with Crippen molar-refractivity contribution in [3.63, 3.8) is 0 Å². The Balaban J connectivity index is 2.57. The van der Waals surface area contributed by atoms with Gasteiger partial charge in [0.1, 0.15) is 5.82 Å². The number of anilines is 1. The molecule has 0 saturated heterocycles. The van der Waals surface area contributed by atoms with Crippen molar-refractivity contribution in [1.29, 1.82) is 0 Å². The molecule has 1 aromatic carbocycles. The van der Waals surface area contributed by atoms with Crippen LogP contribution in [-0.4, -0.2) is 18.5 Å². The molecular weight excluding hydrogens is 245 g/mol. The van der Waals surface area contributed by atoms with Crippen molar-refractivity contribution in [3.8, 4) is 0 Å². The van der Waals surface area contributed by atoms with E-state index in [-0.39, 0.29) is 18.2 Å². The molecule has 2 N–H and O–H groups in total. The highest BCUT2D eigenvalue weighted by atomic mass is 19.2. The van der Waals surface area contributed by atoms with Crippen LogP contribution in [-0.2, 0) is 4.79 Å². The zero-order valence-electron chi connectivity index (χ0n) is 10.2. The molecule has 1 rings (SSSR count). The summed E-state index contributed by atoms with van der Waals surface area (Å²) in [5.41, 5.74) is -0.358. The molecule has 0 bridgehead atoms. The average molecular weight is 260 g/mol. The van der Waals surface area contributed by atoms with Gasteiger partial charge in [0.25, 0.3) is 0 Å². The molecule has 6 heteroatoms. The Hall–Kier alpha value is -1.56. The molecule has 1 aromatic rings. The van der Waals surface area contributed by atoms with Gasteiger partial charge in [-0.2, -0.15) is 0 Å². The summed E-state index contributed by atoms with van der Waals surface area (Å²) in [4.78, 5) is 11.4. The fraction of sp³-hybridized carbons (Fsp3) is 0.417. The van der Waals surface area contributed by atoms with Crippen LogP contribution >= 0.6 is 0 Å². The lowest BCUT2D eigenvalue weighted by Gasteiger charge is -2.09. The molecule has 100 valence electrons. The normalized spacial score (nSPS) is 10.8. The highest BCUT2D eigenvalue weighted by Crippen LogP contribution is 2.18. The van der Waals surface area contributed by atoms with E-state index in [1.165, 1.54) is 0 Å². The van der Waals surface area contributed by atoms with Crippen LogP contribution in [0.3, 0.4) is 0 Å². The average Bonchev–Trinajstić information content (AvgIpc) is 2.25. The quantitative estimate of drug-likeness (QED) is 0.798. The maximum Gasteiger partial charge on any atom is 0.225 e. The van der Waals surface area contributed by atoms with Gasteiger partial charge >= 0.3 is 0 Å². The Morgan fingerprint density at radius 3 is 2.39 bits per heavy atom. The molecule has 0 aliphatic carbocycles. The second kappa shape index (κ2) is 6.39. The Morgan fingerprint density at radius 1 is 1.17 bits per heavy atom. The number of benzene rings is 1. The Labute approximate surface area is 103 Å². The molecule has 1 amide bonds. The fourth-order valence-corrected chi connectivity index (χ4v) is 1.31. The third-order valence-electron chi connectivity index (χ3n) is 2.19. The number of carbonyl (C=O) groups is 1. The molecule has 0 spiro atoms. The molecule has 0 aliphatic heterocycles. The third-order valence-corrected chi connectivity index (χ3v) is 2.19. The van der Waals surface area contributed by atoms with Crippen LogP contribution in [0.1, 0.15) is 20.3 Å². The summed E-state index contributed by atoms with van der Waals surface area (Å²) in [6, 6.07) is 1.26. The molecular formula is C12H15F3N2O. The van der Waals surface area contributed by atoms with Crippen molar-refractivity contribution in [3.05, 3.63) is 29.6 Å². The standard InChI is InChI=1S/C12H15F3N2O/c1-7(2)16-4-3-12(18)17-11-6-9(14)8(13)5-10(11)15/h5-7,16H,3-4H2,1-2H3,(H,17,18). The summed E-state index contributed by atoms with van der Waals surface area (Å²) in [5, 5.41) is 5.20. The van der Waals surface area contributed by atoms with E-state index >= 15 is 0 Å². The van der Waals surface area contributed by atoms with E-state index in [1.54, 1.807) is 0 Å². The summed E-state index contributed by atoms with van der Waals surface area (Å²) in [7, 11) is 0. The maximum absolute atomic E-state index is 13.2. The molecule has 0 heterocycles. The molecule has 0 atom stereocenters. The van der Waals surface area contributed by atoms with Gasteiger partial charge in [0.15, 0.2) is 11.6 Å². The maximum atomic E-state index is 13.2. The Morgan fingerprint density at radius 2 is 1.78 bits per heavy atom. The van der Waals surface area contributed by atoms with E-state index in [0.29, 0.717) is 18.7 Å². The second-order valence-corrected chi connectivity index (χ2v) is 4.15. The predicted molar refractivity (Wildman–Crippen MR) is 62.7 cm³/mol. The van der Waals surface area contributed by atoms with Crippen LogP contribution in [0.2, 0.25) is 0 Å². The molecule has 18 heavy (non-hydrogen) atoms. The third kappa shape index (κ3) is 4.37. The van der Waals surface area contributed by atoms with Gasteiger partial charge in [0, 0.05) is 31.1 Å². The topological polar surface area (TPSA) is 41.1 Å². The number of amides is 1. The Bertz CT molecular complexity index is 436. The zero-order valence-corrected chi connectivity index (χ0v) is 10.2. The van der Waals surface area contributed by atoms with Crippen molar-refractivity contribution in [1.82, 2.24) is 5.32 Å². The van der Waals surface area contributed by atoms with Crippen LogP contribution in [0.25, 0.3) is 0 Å². The SMILES string of the molecule is CC(C)NCCC(=O)Nc1cc(F)c(F)cc1F. The first-order valence-corrected chi connectivity index (χ1v) is 5.58. The first-order chi connectivity index (χ1) is 8.40. The molecule has 0 aromatic heterocycles. The van der Waals surface area contributed by atoms with Crippen LogP contribution in [0.4, 0.5) is 18.9 Å². The lowest BCUT2D eigenvalue weighted by Crippen LogP contribution is -2.27. The largest absolute Gasteiger partial charge is 0.323 e. The number of carbonyl (C=O) groups excluding carboxylic acids is 1. The van der Waals surface area contributed by atoms with Gasteiger partial charge in [-0.1, -0.05) is 13.8 Å². The van der Waals surface area contributed by atoms with Crippen molar-refractivity contribution in [2.45, 2.75) is 26.3 Å². The molecule has 0 unspecified atom stereocenters. The van der Waals surface area contributed by atoms with E-state index in [4.69, 9.17) is 0 Å². The minimum absolute atomic E-state index is 0.122. The number of hydrogen-bond donors (Lipinski definition) is 2. The lowest BCUT2D eigenvalue weighted by molar-refractivity contribution is -0.116. The first-order valence-electron chi connectivity index (χ1n) is 5.58. The van der Waals surface area contributed by atoms with E-state index in [2.05, 4.69) is 10.6 Å². The van der Waals surface area contributed by atoms with Gasteiger partial charge in [-0.3, -0.25) is 4.79 Å². The number of hydrogen-bond acceptors (Lipinski definition) is 2. The number of nitrogens with one attached hydrogen (secondary N) is 2. The van der Waals surface area contributed by atoms with Gasteiger partial charge in [0.2, 0.25) is 5.91 Å². The van der Waals surface area contributed by atoms with Crippen LogP contribution < -0.4 is 10.6 Å². The summed E-state index contributed by atoms with van der Waals surface area (Å²) in [5.74, 6) is -3.95. The van der Waals surface area contributed by atoms with E-state index in [0.717, 1.165) is 0 Å². The van der Waals surface area contributed by atoms with Gasteiger partial charge in [0.05, 0.1) is 5.69 Å². The molecule has 0 saturated carbocycles. The highest BCUT2D eigenvalue weighted by Gasteiger charge is 2.12. The summed E-state index contributed by atoms with van der Waals surface area (Å²) >= 11 is 0. The number of rotatable bonds is 5. The van der Waals surface area contributed by atoms with E-state index in [1.807, 2.05) is 13.8 Å². The molecule has 0 radical (unpaired) electrons. The van der Waals surface area contributed by atoms with Crippen LogP contribution in [0, 0.1) is 17.5 Å². The van der Waals surface area contributed by atoms with Gasteiger partial charge in [-0.15, -0.1) is 0 Å². The number of halogens is 3. The van der Waals surface area contributed by atoms with Gasteiger partial charge < -0.3 is 10.6 Å². The van der Waals surface area contributed by atoms with Crippen molar-refractivity contribution >= 4 is 11.6 Å².